The Bertz CT molecular complexity index is 933. The molecule has 0 spiro atoms. The highest BCUT2D eigenvalue weighted by Crippen LogP contribution is 2.29. The van der Waals surface area contributed by atoms with Crippen LogP contribution in [0.5, 0.6) is 11.5 Å². The van der Waals surface area contributed by atoms with Gasteiger partial charge >= 0.3 is 0 Å². The van der Waals surface area contributed by atoms with Gasteiger partial charge in [-0.2, -0.15) is 5.26 Å². The molecule has 2 aromatic carbocycles. The number of anilines is 1. The fraction of sp³-hybridized carbons (Fsp3) is 0.176. The van der Waals surface area contributed by atoms with E-state index in [9.17, 15) is 4.39 Å². The molecule has 0 aliphatic heterocycles. The predicted octanol–water partition coefficient (Wildman–Crippen LogP) is 3.19. The van der Waals surface area contributed by atoms with Crippen molar-refractivity contribution in [2.45, 2.75) is 13.0 Å². The average molecular weight is 338 g/mol. The van der Waals surface area contributed by atoms with Crippen molar-refractivity contribution < 1.29 is 9.13 Å². The number of tetrazole rings is 1. The van der Waals surface area contributed by atoms with Gasteiger partial charge in [0.2, 0.25) is 0 Å². The first-order chi connectivity index (χ1) is 12.1. The lowest BCUT2D eigenvalue weighted by atomic mass is 10.2. The van der Waals surface area contributed by atoms with Gasteiger partial charge < -0.3 is 10.1 Å². The standard InChI is InChI=1S/C17H15FN6O/c1-11(17-21-22-23-24(17)2)20-13-7-8-16(14(18)9-13)25-15-6-4-3-5-12(15)10-19/h3-9,11,20H,1-2H3/t11-/m0/s1. The fourth-order valence-electron chi connectivity index (χ4n) is 2.36. The molecule has 1 atom stereocenters. The summed E-state index contributed by atoms with van der Waals surface area (Å²) in [4.78, 5) is 0. The quantitative estimate of drug-likeness (QED) is 0.768. The molecule has 0 radical (unpaired) electrons. The molecule has 126 valence electrons. The van der Waals surface area contributed by atoms with Gasteiger partial charge in [0.05, 0.1) is 11.6 Å². The second-order valence-electron chi connectivity index (χ2n) is 5.38. The van der Waals surface area contributed by atoms with Crippen molar-refractivity contribution in [2.24, 2.45) is 7.05 Å². The van der Waals surface area contributed by atoms with Gasteiger partial charge in [0.1, 0.15) is 11.8 Å². The van der Waals surface area contributed by atoms with E-state index in [1.54, 1.807) is 42.1 Å². The largest absolute Gasteiger partial charge is 0.453 e. The summed E-state index contributed by atoms with van der Waals surface area (Å²) in [6, 6.07) is 13.0. The number of aryl methyl sites for hydroxylation is 1. The Labute approximate surface area is 143 Å². The SMILES string of the molecule is C[C@H](Nc1ccc(Oc2ccccc2C#N)c(F)c1)c1nnnn1C. The Morgan fingerprint density at radius 2 is 2.04 bits per heavy atom. The molecule has 8 heteroatoms. The molecule has 7 nitrogen and oxygen atoms in total. The highest BCUT2D eigenvalue weighted by Gasteiger charge is 2.14. The molecule has 1 heterocycles. The Kier molecular flexibility index (Phi) is 4.57. The average Bonchev–Trinajstić information content (AvgIpc) is 3.04. The molecule has 0 amide bonds. The molecule has 1 N–H and O–H groups in total. The maximum atomic E-state index is 14.4. The molecule has 0 aliphatic rings. The van der Waals surface area contributed by atoms with Crippen molar-refractivity contribution in [2.75, 3.05) is 5.32 Å². The van der Waals surface area contributed by atoms with Crippen LogP contribution in [0.25, 0.3) is 0 Å². The zero-order valence-corrected chi connectivity index (χ0v) is 13.6. The van der Waals surface area contributed by atoms with Crippen LogP contribution in [-0.2, 0) is 7.05 Å². The van der Waals surface area contributed by atoms with Gasteiger partial charge in [0.25, 0.3) is 0 Å². The smallest absolute Gasteiger partial charge is 0.173 e. The normalized spacial score (nSPS) is 11.6. The first-order valence-corrected chi connectivity index (χ1v) is 7.54. The lowest BCUT2D eigenvalue weighted by Crippen LogP contribution is -2.12. The first kappa shape index (κ1) is 16.4. The third-order valence-electron chi connectivity index (χ3n) is 3.58. The monoisotopic (exact) mass is 338 g/mol. The molecule has 0 bridgehead atoms. The van der Waals surface area contributed by atoms with Crippen LogP contribution in [0.15, 0.2) is 42.5 Å². The lowest BCUT2D eigenvalue weighted by molar-refractivity contribution is 0.441. The van der Waals surface area contributed by atoms with E-state index in [2.05, 4.69) is 20.8 Å². The maximum absolute atomic E-state index is 14.4. The Balaban J connectivity index is 1.77. The van der Waals surface area contributed by atoms with E-state index < -0.39 is 5.82 Å². The van der Waals surface area contributed by atoms with Crippen molar-refractivity contribution >= 4 is 5.69 Å². The molecule has 25 heavy (non-hydrogen) atoms. The van der Waals surface area contributed by atoms with Gasteiger partial charge in [0, 0.05) is 18.8 Å². The Hall–Kier alpha value is -3.47. The number of nitrogens with zero attached hydrogens (tertiary/aromatic N) is 5. The highest BCUT2D eigenvalue weighted by atomic mass is 19.1. The molecule has 3 rings (SSSR count). The van der Waals surface area contributed by atoms with E-state index >= 15 is 0 Å². The molecule has 0 saturated carbocycles. The van der Waals surface area contributed by atoms with Crippen molar-refractivity contribution in [1.29, 1.82) is 5.26 Å². The second-order valence-corrected chi connectivity index (χ2v) is 5.38. The summed E-state index contributed by atoms with van der Waals surface area (Å²) in [6.07, 6.45) is 0. The van der Waals surface area contributed by atoms with Gasteiger partial charge in [-0.05, 0) is 41.6 Å². The van der Waals surface area contributed by atoms with Crippen molar-refractivity contribution in [3.63, 3.8) is 0 Å². The number of nitriles is 1. The van der Waals surface area contributed by atoms with Crippen LogP contribution in [0.1, 0.15) is 24.4 Å². The van der Waals surface area contributed by atoms with Crippen molar-refractivity contribution in [1.82, 2.24) is 20.2 Å². The van der Waals surface area contributed by atoms with E-state index in [1.807, 2.05) is 13.0 Å². The van der Waals surface area contributed by atoms with Crippen LogP contribution in [0.2, 0.25) is 0 Å². The second kappa shape index (κ2) is 6.97. The number of ether oxygens (including phenoxy) is 1. The number of benzene rings is 2. The van der Waals surface area contributed by atoms with Crippen molar-refractivity contribution in [3.05, 3.63) is 59.7 Å². The molecular weight excluding hydrogens is 323 g/mol. The minimum atomic E-state index is -0.541. The summed E-state index contributed by atoms with van der Waals surface area (Å²) >= 11 is 0. The van der Waals surface area contributed by atoms with Crippen LogP contribution in [0.3, 0.4) is 0 Å². The van der Waals surface area contributed by atoms with Crippen LogP contribution < -0.4 is 10.1 Å². The zero-order chi connectivity index (χ0) is 17.8. The highest BCUT2D eigenvalue weighted by molar-refractivity contribution is 5.50. The molecular formula is C17H15FN6O. The molecule has 0 unspecified atom stereocenters. The van der Waals surface area contributed by atoms with E-state index in [-0.39, 0.29) is 11.8 Å². The summed E-state index contributed by atoms with van der Waals surface area (Å²) in [6.45, 7) is 1.87. The number of hydrogen-bond donors (Lipinski definition) is 1. The molecule has 0 saturated heterocycles. The van der Waals surface area contributed by atoms with E-state index in [0.717, 1.165) is 0 Å². The predicted molar refractivity (Wildman–Crippen MR) is 88.5 cm³/mol. The van der Waals surface area contributed by atoms with E-state index in [1.165, 1.54) is 12.1 Å². The molecule has 3 aromatic rings. The van der Waals surface area contributed by atoms with Gasteiger partial charge in [0.15, 0.2) is 17.4 Å². The first-order valence-electron chi connectivity index (χ1n) is 7.54. The van der Waals surface area contributed by atoms with Crippen LogP contribution in [0, 0.1) is 17.1 Å². The summed E-state index contributed by atoms with van der Waals surface area (Å²) in [7, 11) is 1.73. The lowest BCUT2D eigenvalue weighted by Gasteiger charge is -2.15. The molecule has 0 fully saturated rings. The number of hydrogen-bond acceptors (Lipinski definition) is 6. The summed E-state index contributed by atoms with van der Waals surface area (Å²) < 4.78 is 21.4. The fourth-order valence-corrected chi connectivity index (χ4v) is 2.36. The van der Waals surface area contributed by atoms with Gasteiger partial charge in [-0.3, -0.25) is 0 Å². The topological polar surface area (TPSA) is 88.7 Å². The molecule has 1 aromatic heterocycles. The zero-order valence-electron chi connectivity index (χ0n) is 13.6. The van der Waals surface area contributed by atoms with Gasteiger partial charge in [-0.25, -0.2) is 9.07 Å². The number of aromatic nitrogens is 4. The van der Waals surface area contributed by atoms with Crippen LogP contribution >= 0.6 is 0 Å². The number of rotatable bonds is 5. The van der Waals surface area contributed by atoms with E-state index in [0.29, 0.717) is 22.8 Å². The maximum Gasteiger partial charge on any atom is 0.173 e. The summed E-state index contributed by atoms with van der Waals surface area (Å²) in [5.74, 6) is 0.439. The number of halogens is 1. The van der Waals surface area contributed by atoms with Crippen LogP contribution in [-0.4, -0.2) is 20.2 Å². The minimum absolute atomic E-state index is 0.0428. The Morgan fingerprint density at radius 1 is 1.24 bits per heavy atom. The number of nitrogens with one attached hydrogen (secondary N) is 1. The van der Waals surface area contributed by atoms with Crippen molar-refractivity contribution in [3.8, 4) is 17.6 Å². The minimum Gasteiger partial charge on any atom is -0.453 e. The van der Waals surface area contributed by atoms with E-state index in [4.69, 9.17) is 10.00 Å². The van der Waals surface area contributed by atoms with Gasteiger partial charge in [-0.15, -0.1) is 5.10 Å². The Morgan fingerprint density at radius 3 is 2.72 bits per heavy atom. The molecule has 0 aliphatic carbocycles. The third-order valence-corrected chi connectivity index (χ3v) is 3.58. The number of para-hydroxylation sites is 1. The summed E-state index contributed by atoms with van der Waals surface area (Å²) in [5.41, 5.74) is 0.904. The summed E-state index contributed by atoms with van der Waals surface area (Å²) in [5, 5.41) is 23.5. The third kappa shape index (κ3) is 3.55. The van der Waals surface area contributed by atoms with Gasteiger partial charge in [-0.1, -0.05) is 12.1 Å². The van der Waals surface area contributed by atoms with Crippen LogP contribution in [0.4, 0.5) is 10.1 Å².